The van der Waals surface area contributed by atoms with Gasteiger partial charge in [-0.2, -0.15) is 0 Å². The van der Waals surface area contributed by atoms with E-state index in [9.17, 15) is 4.79 Å². The Morgan fingerprint density at radius 2 is 2.24 bits per heavy atom. The lowest BCUT2D eigenvalue weighted by Crippen LogP contribution is -2.41. The number of thiophene rings is 1. The monoisotopic (exact) mass is 289 g/mol. The lowest BCUT2D eigenvalue weighted by Gasteiger charge is -2.30. The molecule has 1 saturated carbocycles. The van der Waals surface area contributed by atoms with Gasteiger partial charge >= 0.3 is 0 Å². The molecule has 1 aliphatic carbocycles. The summed E-state index contributed by atoms with van der Waals surface area (Å²) in [6.07, 6.45) is 1.52. The first kappa shape index (κ1) is 11.8. The molecule has 17 heavy (non-hydrogen) atoms. The van der Waals surface area contributed by atoms with Crippen molar-refractivity contribution in [1.82, 2.24) is 4.90 Å². The number of carbonyl (C=O) groups excluding carboxylic acids is 1. The maximum Gasteiger partial charge on any atom is 0.231 e. The van der Waals surface area contributed by atoms with Crippen molar-refractivity contribution in [2.75, 3.05) is 6.54 Å². The molecule has 0 radical (unpaired) electrons. The lowest BCUT2D eigenvalue weighted by atomic mass is 10.0. The predicted molar refractivity (Wildman–Crippen MR) is 70.6 cm³/mol. The molecule has 5 heteroatoms. The van der Waals surface area contributed by atoms with Gasteiger partial charge in [-0.3, -0.25) is 4.79 Å². The van der Waals surface area contributed by atoms with Crippen molar-refractivity contribution < 1.29 is 4.79 Å². The Morgan fingerprint density at radius 3 is 2.88 bits per heavy atom. The second-order valence-electron chi connectivity index (χ2n) is 5.06. The number of halogens is 2. The molecule has 2 heterocycles. The molecule has 0 spiro atoms. The Morgan fingerprint density at radius 1 is 1.53 bits per heavy atom. The van der Waals surface area contributed by atoms with Crippen LogP contribution < -0.4 is 0 Å². The molecule has 1 unspecified atom stereocenters. The largest absolute Gasteiger partial charge is 0.337 e. The summed E-state index contributed by atoms with van der Waals surface area (Å²) in [4.78, 5) is 15.7. The van der Waals surface area contributed by atoms with Gasteiger partial charge in [0.1, 0.15) is 4.33 Å². The highest BCUT2D eigenvalue weighted by Gasteiger charge is 2.68. The first-order chi connectivity index (χ1) is 7.94. The minimum atomic E-state index is -0.862. The Labute approximate surface area is 115 Å². The Hall–Kier alpha value is -0.250. The average Bonchev–Trinajstić information content (AvgIpc) is 2.67. The fourth-order valence-corrected chi connectivity index (χ4v) is 3.99. The minimum absolute atomic E-state index is 0.0966. The zero-order valence-corrected chi connectivity index (χ0v) is 11.8. The van der Waals surface area contributed by atoms with E-state index in [1.54, 1.807) is 11.3 Å². The number of carbonyl (C=O) groups is 1. The van der Waals surface area contributed by atoms with Gasteiger partial charge in [0.15, 0.2) is 0 Å². The van der Waals surface area contributed by atoms with E-state index in [0.717, 1.165) is 13.0 Å². The summed E-state index contributed by atoms with van der Waals surface area (Å²) in [6, 6.07) is 2.10. The smallest absolute Gasteiger partial charge is 0.231 e. The molecule has 1 amide bonds. The number of alkyl halides is 2. The van der Waals surface area contributed by atoms with Crippen LogP contribution in [0.15, 0.2) is 11.4 Å². The molecule has 1 aliphatic heterocycles. The van der Waals surface area contributed by atoms with E-state index in [1.165, 1.54) is 10.4 Å². The van der Waals surface area contributed by atoms with Crippen LogP contribution in [0.2, 0.25) is 0 Å². The summed E-state index contributed by atoms with van der Waals surface area (Å²) in [5.41, 5.74) is 0.692. The zero-order chi connectivity index (χ0) is 12.3. The normalized spacial score (nSPS) is 29.9. The molecule has 0 N–H and O–H groups in total. The van der Waals surface area contributed by atoms with Crippen molar-refractivity contribution in [1.29, 1.82) is 0 Å². The SMILES string of the molecule is CC1(C(=O)N2CCc3sccc3C2)CC1(Cl)Cl. The highest BCUT2D eigenvalue weighted by molar-refractivity contribution is 7.10. The molecule has 92 valence electrons. The Balaban J connectivity index is 1.78. The zero-order valence-electron chi connectivity index (χ0n) is 9.50. The van der Waals surface area contributed by atoms with Crippen LogP contribution in [0.4, 0.5) is 0 Å². The molecule has 1 aromatic heterocycles. The number of amides is 1. The second-order valence-corrected chi connectivity index (χ2v) is 7.54. The van der Waals surface area contributed by atoms with Gasteiger partial charge in [-0.05, 0) is 36.8 Å². The molecule has 3 rings (SSSR count). The number of hydrogen-bond donors (Lipinski definition) is 0. The van der Waals surface area contributed by atoms with Gasteiger partial charge in [-0.25, -0.2) is 0 Å². The van der Waals surface area contributed by atoms with Crippen molar-refractivity contribution in [2.24, 2.45) is 5.41 Å². The molecule has 0 saturated heterocycles. The molecular weight excluding hydrogens is 277 g/mol. The van der Waals surface area contributed by atoms with E-state index in [4.69, 9.17) is 23.2 Å². The van der Waals surface area contributed by atoms with Gasteiger partial charge in [0.2, 0.25) is 5.91 Å². The average molecular weight is 290 g/mol. The molecule has 1 atom stereocenters. The van der Waals surface area contributed by atoms with Crippen LogP contribution in [0.3, 0.4) is 0 Å². The van der Waals surface area contributed by atoms with Crippen molar-refractivity contribution in [3.63, 3.8) is 0 Å². The van der Waals surface area contributed by atoms with E-state index in [0.29, 0.717) is 13.0 Å². The summed E-state index contributed by atoms with van der Waals surface area (Å²) in [5, 5.41) is 2.09. The van der Waals surface area contributed by atoms with Crippen LogP contribution >= 0.6 is 34.5 Å². The summed E-state index contributed by atoms with van der Waals surface area (Å²) < 4.78 is -0.862. The van der Waals surface area contributed by atoms with Crippen molar-refractivity contribution in [2.45, 2.75) is 30.6 Å². The van der Waals surface area contributed by atoms with Gasteiger partial charge in [0.05, 0.1) is 5.41 Å². The van der Waals surface area contributed by atoms with Crippen molar-refractivity contribution in [3.8, 4) is 0 Å². The van der Waals surface area contributed by atoms with Gasteiger partial charge in [0, 0.05) is 18.0 Å². The van der Waals surface area contributed by atoms with Crippen LogP contribution in [-0.4, -0.2) is 21.7 Å². The fraction of sp³-hybridized carbons (Fsp3) is 0.583. The van der Waals surface area contributed by atoms with Crippen LogP contribution in [-0.2, 0) is 17.8 Å². The van der Waals surface area contributed by atoms with E-state index >= 15 is 0 Å². The molecular formula is C12H13Cl2NOS. The van der Waals surface area contributed by atoms with Gasteiger partial charge in [0.25, 0.3) is 0 Å². The van der Waals surface area contributed by atoms with E-state index in [-0.39, 0.29) is 5.91 Å². The highest BCUT2D eigenvalue weighted by atomic mass is 35.5. The number of nitrogens with zero attached hydrogens (tertiary/aromatic N) is 1. The van der Waals surface area contributed by atoms with Crippen LogP contribution in [0.25, 0.3) is 0 Å². The maximum atomic E-state index is 12.4. The third-order valence-corrected chi connectivity index (χ3v) is 5.95. The maximum absolute atomic E-state index is 12.4. The van der Waals surface area contributed by atoms with Crippen LogP contribution in [0, 0.1) is 5.41 Å². The Kier molecular flexibility index (Phi) is 2.52. The van der Waals surface area contributed by atoms with Crippen LogP contribution in [0.1, 0.15) is 23.8 Å². The summed E-state index contributed by atoms with van der Waals surface area (Å²) in [5.74, 6) is 0.0966. The number of hydrogen-bond acceptors (Lipinski definition) is 2. The molecule has 1 aromatic rings. The molecule has 0 aromatic carbocycles. The summed E-state index contributed by atoms with van der Waals surface area (Å²) in [7, 11) is 0. The summed E-state index contributed by atoms with van der Waals surface area (Å²) >= 11 is 13.9. The number of fused-ring (bicyclic) bond motifs is 1. The lowest BCUT2D eigenvalue weighted by molar-refractivity contribution is -0.137. The molecule has 0 bridgehead atoms. The quantitative estimate of drug-likeness (QED) is 0.727. The molecule has 1 fully saturated rings. The molecule has 2 aliphatic rings. The van der Waals surface area contributed by atoms with Crippen molar-refractivity contribution >= 4 is 40.4 Å². The van der Waals surface area contributed by atoms with E-state index in [2.05, 4.69) is 11.4 Å². The third-order valence-electron chi connectivity index (χ3n) is 3.82. The third kappa shape index (κ3) is 1.71. The van der Waals surface area contributed by atoms with Crippen molar-refractivity contribution in [3.05, 3.63) is 21.9 Å². The number of rotatable bonds is 1. The second kappa shape index (κ2) is 3.62. The van der Waals surface area contributed by atoms with E-state index < -0.39 is 9.75 Å². The predicted octanol–water partition coefficient (Wildman–Crippen LogP) is 3.22. The van der Waals surface area contributed by atoms with Gasteiger partial charge in [-0.1, -0.05) is 0 Å². The van der Waals surface area contributed by atoms with Crippen LogP contribution in [0.5, 0.6) is 0 Å². The van der Waals surface area contributed by atoms with Gasteiger partial charge in [-0.15, -0.1) is 34.5 Å². The fourth-order valence-electron chi connectivity index (χ4n) is 2.40. The van der Waals surface area contributed by atoms with E-state index in [1.807, 2.05) is 11.8 Å². The molecule has 2 nitrogen and oxygen atoms in total. The first-order valence-corrected chi connectivity index (χ1v) is 7.30. The Bertz CT molecular complexity index is 485. The topological polar surface area (TPSA) is 20.3 Å². The van der Waals surface area contributed by atoms with Gasteiger partial charge < -0.3 is 4.90 Å². The highest BCUT2D eigenvalue weighted by Crippen LogP contribution is 2.64. The minimum Gasteiger partial charge on any atom is -0.337 e. The first-order valence-electron chi connectivity index (χ1n) is 5.66. The standard InChI is InChI=1S/C12H13Cl2NOS/c1-11(7-12(11,13)14)10(16)15-4-2-9-8(6-15)3-5-17-9/h3,5H,2,4,6-7H2,1H3. The summed E-state index contributed by atoms with van der Waals surface area (Å²) in [6.45, 7) is 3.35.